The Labute approximate surface area is 192 Å². The van der Waals surface area contributed by atoms with Gasteiger partial charge in [-0.05, 0) is 96.5 Å². The quantitative estimate of drug-likeness (QED) is 0.391. The molecule has 1 heterocycles. The molecule has 2 fully saturated rings. The van der Waals surface area contributed by atoms with Gasteiger partial charge < -0.3 is 15.2 Å². The molecule has 3 aliphatic rings. The van der Waals surface area contributed by atoms with Crippen LogP contribution in [0.25, 0.3) is 0 Å². The monoisotopic (exact) mass is 439 g/mol. The Morgan fingerprint density at radius 3 is 2.39 bits per heavy atom. The number of benzene rings is 3. The van der Waals surface area contributed by atoms with Gasteiger partial charge in [0.2, 0.25) is 0 Å². The maximum atomic E-state index is 12.4. The van der Waals surface area contributed by atoms with Crippen LogP contribution in [-0.4, -0.2) is 17.0 Å². The number of ether oxygens (including phenoxy) is 1. The van der Waals surface area contributed by atoms with Crippen molar-refractivity contribution in [1.82, 2.24) is 0 Å². The van der Waals surface area contributed by atoms with Crippen molar-refractivity contribution in [3.63, 3.8) is 0 Å². The second kappa shape index (κ2) is 7.77. The lowest BCUT2D eigenvalue weighted by molar-refractivity contribution is 0.0694. The fraction of sp³-hybridized carbons (Fsp3) is 0.286. The first-order valence-electron chi connectivity index (χ1n) is 11.6. The lowest BCUT2D eigenvalue weighted by atomic mass is 9.68. The molecule has 0 aromatic heterocycles. The number of fused-ring (bicyclic) bond motifs is 7. The molecular weight excluding hydrogens is 414 g/mol. The Morgan fingerprint density at radius 2 is 1.64 bits per heavy atom. The number of nitrogens with one attached hydrogen (secondary N) is 1. The van der Waals surface area contributed by atoms with Gasteiger partial charge in [0.25, 0.3) is 0 Å². The second-order valence-electron chi connectivity index (χ2n) is 9.49. The number of aromatic carboxylic acids is 1. The summed E-state index contributed by atoms with van der Waals surface area (Å²) in [5.74, 6) is 1.39. The van der Waals surface area contributed by atoms with Gasteiger partial charge in [0.1, 0.15) is 5.75 Å². The van der Waals surface area contributed by atoms with Gasteiger partial charge >= 0.3 is 11.9 Å². The minimum atomic E-state index is -0.875. The Kier molecular flexibility index (Phi) is 4.72. The summed E-state index contributed by atoms with van der Waals surface area (Å²) in [6.07, 6.45) is 3.69. The van der Waals surface area contributed by atoms with E-state index in [1.165, 1.54) is 24.8 Å². The van der Waals surface area contributed by atoms with Gasteiger partial charge in [-0.3, -0.25) is 0 Å². The van der Waals surface area contributed by atoms with Crippen molar-refractivity contribution in [3.05, 3.63) is 95.1 Å². The summed E-state index contributed by atoms with van der Waals surface area (Å²) in [7, 11) is 0. The van der Waals surface area contributed by atoms with E-state index in [0.717, 1.165) is 11.3 Å². The van der Waals surface area contributed by atoms with E-state index < -0.39 is 5.97 Å². The summed E-state index contributed by atoms with van der Waals surface area (Å²) < 4.78 is 5.56. The van der Waals surface area contributed by atoms with Gasteiger partial charge in [-0.15, -0.1) is 0 Å². The zero-order valence-corrected chi connectivity index (χ0v) is 18.1. The number of carboxylic acids is 1. The highest BCUT2D eigenvalue weighted by Crippen LogP contribution is 2.63. The summed E-state index contributed by atoms with van der Waals surface area (Å²) in [6, 6.07) is 22.5. The molecule has 33 heavy (non-hydrogen) atoms. The van der Waals surface area contributed by atoms with E-state index in [0.29, 0.717) is 40.5 Å². The van der Waals surface area contributed by atoms with Crippen LogP contribution in [0.15, 0.2) is 72.8 Å². The third-order valence-corrected chi connectivity index (χ3v) is 7.79. The van der Waals surface area contributed by atoms with Crippen molar-refractivity contribution >= 4 is 17.6 Å². The van der Waals surface area contributed by atoms with E-state index in [-0.39, 0.29) is 12.0 Å². The molecule has 6 rings (SSSR count). The van der Waals surface area contributed by atoms with Crippen LogP contribution in [0.3, 0.4) is 0 Å². The number of carbonyl (C=O) groups is 2. The van der Waals surface area contributed by atoms with Crippen LogP contribution in [0.4, 0.5) is 5.69 Å². The Hall–Kier alpha value is -3.60. The minimum absolute atomic E-state index is 0.160. The summed E-state index contributed by atoms with van der Waals surface area (Å²) >= 11 is 0. The van der Waals surface area contributed by atoms with E-state index in [1.807, 2.05) is 54.6 Å². The second-order valence-corrected chi connectivity index (χ2v) is 9.49. The fourth-order valence-corrected chi connectivity index (χ4v) is 6.43. The van der Waals surface area contributed by atoms with Crippen molar-refractivity contribution in [3.8, 4) is 5.75 Å². The number of esters is 1. The molecule has 5 atom stereocenters. The number of hydrogen-bond acceptors (Lipinski definition) is 4. The molecule has 5 nitrogen and oxygen atoms in total. The maximum absolute atomic E-state index is 12.4. The summed E-state index contributed by atoms with van der Waals surface area (Å²) in [5.41, 5.74) is 4.26. The molecule has 1 aliphatic heterocycles. The normalized spacial score (nSPS) is 26.7. The lowest BCUT2D eigenvalue weighted by Gasteiger charge is -2.43. The SMILES string of the molecule is O=C(O)c1ccc2c(c1)[C@@H]1[C@H]3CC[C@@H](C3)[C@H]1[C@H](c1ccc(OC(=O)c3ccccc3)cc1)N2. The topological polar surface area (TPSA) is 75.6 Å². The first-order chi connectivity index (χ1) is 16.1. The molecular formula is C28H25NO4. The van der Waals surface area contributed by atoms with Gasteiger partial charge in [0, 0.05) is 5.69 Å². The molecule has 0 radical (unpaired) electrons. The van der Waals surface area contributed by atoms with Gasteiger partial charge in [-0.25, -0.2) is 9.59 Å². The average Bonchev–Trinajstić information content (AvgIpc) is 3.47. The molecule has 3 aromatic carbocycles. The van der Waals surface area contributed by atoms with Crippen molar-refractivity contribution < 1.29 is 19.4 Å². The number of anilines is 1. The van der Waals surface area contributed by atoms with Gasteiger partial charge in [0.15, 0.2) is 0 Å². The molecule has 3 aromatic rings. The molecule has 5 heteroatoms. The lowest BCUT2D eigenvalue weighted by Crippen LogP contribution is -2.35. The van der Waals surface area contributed by atoms with E-state index in [4.69, 9.17) is 4.74 Å². The summed E-state index contributed by atoms with van der Waals surface area (Å²) in [4.78, 5) is 23.9. The predicted molar refractivity (Wildman–Crippen MR) is 125 cm³/mol. The molecule has 2 bridgehead atoms. The highest BCUT2D eigenvalue weighted by Gasteiger charge is 2.53. The van der Waals surface area contributed by atoms with Gasteiger partial charge in [0.05, 0.1) is 17.2 Å². The zero-order valence-electron chi connectivity index (χ0n) is 18.1. The average molecular weight is 440 g/mol. The Bertz CT molecular complexity index is 1220. The standard InChI is InChI=1S/C28H25NO4/c30-27(31)20-10-13-23-22(15-20)24-18-6-7-19(14-18)25(24)26(29-23)16-8-11-21(12-9-16)33-28(32)17-4-2-1-3-5-17/h1-5,8-13,15,18-19,24-26,29H,6-7,14H2,(H,30,31)/t18-,19-,24-,25+,26-/m0/s1. The molecule has 2 saturated carbocycles. The van der Waals surface area contributed by atoms with E-state index in [2.05, 4.69) is 5.32 Å². The molecule has 2 N–H and O–H groups in total. The number of carbonyl (C=O) groups excluding carboxylic acids is 1. The maximum Gasteiger partial charge on any atom is 0.343 e. The number of hydrogen-bond donors (Lipinski definition) is 2. The largest absolute Gasteiger partial charge is 0.478 e. The van der Waals surface area contributed by atoms with E-state index in [1.54, 1.807) is 18.2 Å². The van der Waals surface area contributed by atoms with Gasteiger partial charge in [-0.1, -0.05) is 30.3 Å². The first-order valence-corrected chi connectivity index (χ1v) is 11.6. The molecule has 0 spiro atoms. The predicted octanol–water partition coefficient (Wildman–Crippen LogP) is 5.90. The van der Waals surface area contributed by atoms with Crippen molar-refractivity contribution in [2.75, 3.05) is 5.32 Å². The van der Waals surface area contributed by atoms with Crippen LogP contribution in [0.2, 0.25) is 0 Å². The number of rotatable bonds is 4. The van der Waals surface area contributed by atoms with Crippen LogP contribution in [0.1, 0.15) is 63.1 Å². The first kappa shape index (κ1) is 20.0. The molecule has 0 unspecified atom stereocenters. The molecule has 2 aliphatic carbocycles. The van der Waals surface area contributed by atoms with Crippen LogP contribution < -0.4 is 10.1 Å². The minimum Gasteiger partial charge on any atom is -0.478 e. The van der Waals surface area contributed by atoms with Crippen LogP contribution >= 0.6 is 0 Å². The molecule has 0 amide bonds. The highest BCUT2D eigenvalue weighted by molar-refractivity contribution is 5.91. The van der Waals surface area contributed by atoms with Crippen LogP contribution in [-0.2, 0) is 0 Å². The van der Waals surface area contributed by atoms with Crippen molar-refractivity contribution in [2.45, 2.75) is 31.2 Å². The van der Waals surface area contributed by atoms with Crippen molar-refractivity contribution in [1.29, 1.82) is 0 Å². The Morgan fingerprint density at radius 1 is 0.879 bits per heavy atom. The molecule has 166 valence electrons. The smallest absolute Gasteiger partial charge is 0.343 e. The molecule has 0 saturated heterocycles. The third-order valence-electron chi connectivity index (χ3n) is 7.79. The van der Waals surface area contributed by atoms with Crippen molar-refractivity contribution in [2.24, 2.45) is 17.8 Å². The third kappa shape index (κ3) is 3.39. The number of carboxylic acid groups (broad SMARTS) is 1. The van der Waals surface area contributed by atoms with Crippen LogP contribution in [0.5, 0.6) is 5.75 Å². The van der Waals surface area contributed by atoms with Crippen LogP contribution in [0, 0.1) is 17.8 Å². The van der Waals surface area contributed by atoms with E-state index >= 15 is 0 Å². The fourth-order valence-electron chi connectivity index (χ4n) is 6.43. The zero-order chi connectivity index (χ0) is 22.5. The summed E-state index contributed by atoms with van der Waals surface area (Å²) in [5, 5.41) is 13.2. The Balaban J connectivity index is 1.29. The highest BCUT2D eigenvalue weighted by atomic mass is 16.5. The van der Waals surface area contributed by atoms with Gasteiger partial charge in [-0.2, -0.15) is 0 Å². The van der Waals surface area contributed by atoms with E-state index in [9.17, 15) is 14.7 Å². The summed E-state index contributed by atoms with van der Waals surface area (Å²) in [6.45, 7) is 0.